The van der Waals surface area contributed by atoms with Crippen molar-refractivity contribution in [3.8, 4) is 0 Å². The first-order chi connectivity index (χ1) is 16.9. The maximum atomic E-state index is 12.3. The first kappa shape index (κ1) is 34.4. The van der Waals surface area contributed by atoms with Crippen LogP contribution in [0.25, 0.3) is 0 Å². The monoisotopic (exact) mass is 517 g/mol. The van der Waals surface area contributed by atoms with Crippen LogP contribution in [0, 0.1) is 0 Å². The van der Waals surface area contributed by atoms with Gasteiger partial charge in [0.15, 0.2) is 0 Å². The van der Waals surface area contributed by atoms with Crippen LogP contribution in [0.5, 0.6) is 0 Å². The summed E-state index contributed by atoms with van der Waals surface area (Å²) in [5.41, 5.74) is 0. The van der Waals surface area contributed by atoms with Gasteiger partial charge in [0, 0.05) is 41.8 Å². The van der Waals surface area contributed by atoms with Crippen molar-refractivity contribution in [2.45, 2.75) is 38.1 Å². The number of carboxylic acid groups (broad SMARTS) is 1. The predicted molar refractivity (Wildman–Crippen MR) is 129 cm³/mol. The average Bonchev–Trinajstić information content (AvgIpc) is 2.84. The van der Waals surface area contributed by atoms with Gasteiger partial charge in [-0.1, -0.05) is 0 Å². The minimum atomic E-state index is -1.11. The molecule has 0 spiro atoms. The highest BCUT2D eigenvalue weighted by molar-refractivity contribution is 5.96. The molecule has 0 unspecified atom stereocenters. The van der Waals surface area contributed by atoms with Gasteiger partial charge >= 0.3 is 5.97 Å². The van der Waals surface area contributed by atoms with Gasteiger partial charge in [-0.05, 0) is 19.3 Å². The molecule has 0 radical (unpaired) electrons. The van der Waals surface area contributed by atoms with E-state index in [1.807, 2.05) is 0 Å². The number of hydrogen-bond acceptors (Lipinski definition) is 8. The van der Waals surface area contributed by atoms with Crippen molar-refractivity contribution in [3.63, 3.8) is 0 Å². The normalized spacial score (nSPS) is 10.6. The number of nitrogens with one attached hydrogen (secondary N) is 6. The number of rotatable bonds is 15. The summed E-state index contributed by atoms with van der Waals surface area (Å²) in [6, 6.07) is -0.666. The fraction of sp³-hybridized carbons (Fsp3) is 0.667. The standard InChI is InChI=1S/C17H32N6O5.C4H7NO3/c1-18-13(24)9-14(25)22-8-6-5-7-12(17(28)21-4)23(10-15(26)19-2)11-16(27)20-3;1-5-3(6)2-4(7)8/h12H,5-11H2,1-4H3,(H,18,24)(H,19,26)(H,20,27)(H,21,28)(H,22,25);2H2,1H3,(H,5,6)(H,7,8)/t12-;/m0./s1. The van der Waals surface area contributed by atoms with Crippen molar-refractivity contribution in [2.75, 3.05) is 54.9 Å². The number of carboxylic acids is 1. The molecule has 206 valence electrons. The minimum absolute atomic E-state index is 0.0924. The molecule has 0 aliphatic rings. The van der Waals surface area contributed by atoms with E-state index in [2.05, 4.69) is 31.9 Å². The second kappa shape index (κ2) is 20.6. The van der Waals surface area contributed by atoms with E-state index in [0.29, 0.717) is 25.8 Å². The molecule has 0 aromatic heterocycles. The molecule has 0 saturated carbocycles. The van der Waals surface area contributed by atoms with E-state index < -0.39 is 24.3 Å². The van der Waals surface area contributed by atoms with Crippen molar-refractivity contribution in [1.29, 1.82) is 0 Å². The van der Waals surface area contributed by atoms with Crippen molar-refractivity contribution in [1.82, 2.24) is 36.8 Å². The van der Waals surface area contributed by atoms with E-state index in [0.717, 1.165) is 0 Å². The Morgan fingerprint density at radius 2 is 1.11 bits per heavy atom. The first-order valence-electron chi connectivity index (χ1n) is 11.2. The van der Waals surface area contributed by atoms with Gasteiger partial charge in [0.05, 0.1) is 19.1 Å². The molecule has 7 N–H and O–H groups in total. The van der Waals surface area contributed by atoms with Crippen LogP contribution >= 0.6 is 0 Å². The number of carbonyl (C=O) groups excluding carboxylic acids is 6. The number of aliphatic carboxylic acids is 1. The average molecular weight is 518 g/mol. The molecular weight excluding hydrogens is 478 g/mol. The lowest BCUT2D eigenvalue weighted by atomic mass is 10.1. The minimum Gasteiger partial charge on any atom is -0.481 e. The zero-order valence-corrected chi connectivity index (χ0v) is 21.5. The molecule has 0 rings (SSSR count). The summed E-state index contributed by atoms with van der Waals surface area (Å²) in [7, 11) is 7.31. The first-order valence-corrected chi connectivity index (χ1v) is 11.2. The maximum absolute atomic E-state index is 12.3. The molecule has 0 fully saturated rings. The molecule has 0 aliphatic carbocycles. The number of carbonyl (C=O) groups is 7. The smallest absolute Gasteiger partial charge is 0.312 e. The van der Waals surface area contributed by atoms with Gasteiger partial charge in [-0.3, -0.25) is 38.5 Å². The summed E-state index contributed by atoms with van der Waals surface area (Å²) in [5, 5.41) is 22.7. The number of nitrogens with zero attached hydrogens (tertiary/aromatic N) is 1. The van der Waals surface area contributed by atoms with E-state index in [-0.39, 0.29) is 49.0 Å². The molecule has 15 nitrogen and oxygen atoms in total. The Balaban J connectivity index is 0. The Bertz CT molecular complexity index is 743. The highest BCUT2D eigenvalue weighted by Gasteiger charge is 2.27. The van der Waals surface area contributed by atoms with Crippen LogP contribution in [0.4, 0.5) is 0 Å². The fourth-order valence-corrected chi connectivity index (χ4v) is 2.66. The second-order valence-corrected chi connectivity index (χ2v) is 7.32. The van der Waals surface area contributed by atoms with Gasteiger partial charge in [-0.25, -0.2) is 0 Å². The fourth-order valence-electron chi connectivity index (χ4n) is 2.66. The highest BCUT2D eigenvalue weighted by atomic mass is 16.4. The van der Waals surface area contributed by atoms with Crippen molar-refractivity contribution in [2.24, 2.45) is 0 Å². The Kier molecular flexibility index (Phi) is 19.7. The molecule has 0 aromatic carbocycles. The molecule has 0 saturated heterocycles. The van der Waals surface area contributed by atoms with Crippen LogP contribution in [0.15, 0.2) is 0 Å². The highest BCUT2D eigenvalue weighted by Crippen LogP contribution is 2.10. The molecular formula is C21H39N7O8. The lowest BCUT2D eigenvalue weighted by molar-refractivity contribution is -0.141. The quantitative estimate of drug-likeness (QED) is 0.0847. The van der Waals surface area contributed by atoms with Crippen LogP contribution < -0.4 is 31.9 Å². The lowest BCUT2D eigenvalue weighted by Crippen LogP contribution is -2.52. The number of likely N-dealkylation sites (N-methyl/N-ethyl adjacent to an activating group) is 3. The number of hydrogen-bond donors (Lipinski definition) is 7. The van der Waals surface area contributed by atoms with Gasteiger partial charge < -0.3 is 37.0 Å². The predicted octanol–water partition coefficient (Wildman–Crippen LogP) is -3.48. The molecule has 1 atom stereocenters. The Hall–Kier alpha value is -3.75. The van der Waals surface area contributed by atoms with Gasteiger partial charge in [-0.15, -0.1) is 0 Å². The van der Waals surface area contributed by atoms with E-state index in [1.54, 1.807) is 0 Å². The SMILES string of the molecule is CNC(=O)CC(=O)NCCCC[C@@H](C(=O)NC)N(CC(=O)NC)CC(=O)NC.CNC(=O)CC(=O)O. The number of unbranched alkanes of at least 4 members (excludes halogenated alkanes) is 1. The zero-order chi connectivity index (χ0) is 28.1. The van der Waals surface area contributed by atoms with Crippen LogP contribution in [-0.2, 0) is 33.6 Å². The van der Waals surface area contributed by atoms with E-state index in [9.17, 15) is 33.6 Å². The number of amides is 6. The Morgan fingerprint density at radius 3 is 1.50 bits per heavy atom. The molecule has 0 heterocycles. The van der Waals surface area contributed by atoms with Crippen LogP contribution in [0.1, 0.15) is 32.1 Å². The van der Waals surface area contributed by atoms with Gasteiger partial charge in [0.2, 0.25) is 35.4 Å². The largest absolute Gasteiger partial charge is 0.481 e. The molecule has 0 bridgehead atoms. The van der Waals surface area contributed by atoms with Crippen LogP contribution in [-0.4, -0.2) is 112 Å². The molecule has 0 aliphatic heterocycles. The lowest BCUT2D eigenvalue weighted by Gasteiger charge is -2.29. The molecule has 36 heavy (non-hydrogen) atoms. The van der Waals surface area contributed by atoms with E-state index in [4.69, 9.17) is 5.11 Å². The van der Waals surface area contributed by atoms with Crippen molar-refractivity contribution >= 4 is 41.4 Å². The maximum Gasteiger partial charge on any atom is 0.312 e. The summed E-state index contributed by atoms with van der Waals surface area (Å²) in [6.07, 6.45) is 0.885. The third-order valence-electron chi connectivity index (χ3n) is 4.66. The molecule has 6 amide bonds. The van der Waals surface area contributed by atoms with Crippen molar-refractivity contribution < 1.29 is 38.7 Å². The Morgan fingerprint density at radius 1 is 0.639 bits per heavy atom. The molecule has 0 aromatic rings. The van der Waals surface area contributed by atoms with Gasteiger partial charge in [-0.2, -0.15) is 0 Å². The van der Waals surface area contributed by atoms with Crippen molar-refractivity contribution in [3.05, 3.63) is 0 Å². The van der Waals surface area contributed by atoms with Gasteiger partial charge in [0.25, 0.3) is 0 Å². The summed E-state index contributed by atoms with van der Waals surface area (Å²) in [5.74, 6) is -3.23. The summed E-state index contributed by atoms with van der Waals surface area (Å²) >= 11 is 0. The third kappa shape index (κ3) is 17.7. The zero-order valence-electron chi connectivity index (χ0n) is 21.5. The van der Waals surface area contributed by atoms with Gasteiger partial charge in [0.1, 0.15) is 12.8 Å². The summed E-state index contributed by atoms with van der Waals surface area (Å²) in [6.45, 7) is 0.178. The van der Waals surface area contributed by atoms with E-state index >= 15 is 0 Å². The van der Waals surface area contributed by atoms with Crippen LogP contribution in [0.3, 0.4) is 0 Å². The molecule has 15 heteroatoms. The van der Waals surface area contributed by atoms with Crippen LogP contribution in [0.2, 0.25) is 0 Å². The Labute approximate surface area is 210 Å². The third-order valence-corrected chi connectivity index (χ3v) is 4.66. The topological polar surface area (TPSA) is 215 Å². The second-order valence-electron chi connectivity index (χ2n) is 7.32. The summed E-state index contributed by atoms with van der Waals surface area (Å²) in [4.78, 5) is 79.9. The summed E-state index contributed by atoms with van der Waals surface area (Å²) < 4.78 is 0. The van der Waals surface area contributed by atoms with E-state index in [1.165, 1.54) is 40.1 Å².